The summed E-state index contributed by atoms with van der Waals surface area (Å²) in [5, 5.41) is 1.33. The van der Waals surface area contributed by atoms with Crippen LogP contribution in [0.15, 0.2) is 30.5 Å². The van der Waals surface area contributed by atoms with Gasteiger partial charge in [0, 0.05) is 42.4 Å². The molecule has 112 valence electrons. The van der Waals surface area contributed by atoms with Gasteiger partial charge in [-0.15, -0.1) is 11.8 Å². The van der Waals surface area contributed by atoms with Crippen LogP contribution in [-0.2, 0) is 9.53 Å². The fourth-order valence-electron chi connectivity index (χ4n) is 2.73. The lowest BCUT2D eigenvalue weighted by Gasteiger charge is -2.23. The van der Waals surface area contributed by atoms with E-state index >= 15 is 0 Å². The van der Waals surface area contributed by atoms with E-state index < -0.39 is 0 Å². The molecule has 2 aromatic rings. The molecule has 1 N–H and O–H groups in total. The van der Waals surface area contributed by atoms with Crippen molar-refractivity contribution in [1.82, 2.24) is 9.88 Å². The summed E-state index contributed by atoms with van der Waals surface area (Å²) >= 11 is 1.71. The quantitative estimate of drug-likeness (QED) is 0.834. The Morgan fingerprint density at radius 2 is 2.29 bits per heavy atom. The first-order valence-corrected chi connectivity index (χ1v) is 8.41. The maximum absolute atomic E-state index is 12.1. The normalized spacial score (nSPS) is 18.8. The van der Waals surface area contributed by atoms with E-state index in [-0.39, 0.29) is 11.3 Å². The number of thioether (sulfide) groups is 1. The van der Waals surface area contributed by atoms with Gasteiger partial charge in [0.25, 0.3) is 0 Å². The molecule has 21 heavy (non-hydrogen) atoms. The molecule has 1 aromatic carbocycles. The number of aromatic nitrogens is 1. The Kier molecular flexibility index (Phi) is 4.51. The Hall–Kier alpha value is -1.46. The van der Waals surface area contributed by atoms with Crippen LogP contribution < -0.4 is 0 Å². The molecule has 1 unspecified atom stereocenters. The number of H-pyrrole nitrogens is 1. The van der Waals surface area contributed by atoms with Crippen LogP contribution in [0, 0.1) is 0 Å². The third kappa shape index (κ3) is 2.94. The Bertz CT molecular complexity index is 626. The van der Waals surface area contributed by atoms with Crippen molar-refractivity contribution >= 4 is 28.6 Å². The van der Waals surface area contributed by atoms with Gasteiger partial charge in [-0.3, -0.25) is 4.79 Å². The summed E-state index contributed by atoms with van der Waals surface area (Å²) in [6.45, 7) is 4.20. The molecule has 0 radical (unpaired) electrons. The van der Waals surface area contributed by atoms with Crippen LogP contribution in [0.5, 0.6) is 0 Å². The number of benzene rings is 1. The first-order valence-electron chi connectivity index (χ1n) is 7.36. The second-order valence-electron chi connectivity index (χ2n) is 5.09. The van der Waals surface area contributed by atoms with E-state index in [2.05, 4.69) is 17.1 Å². The van der Waals surface area contributed by atoms with E-state index in [0.29, 0.717) is 12.4 Å². The number of nitrogens with zero attached hydrogens (tertiary/aromatic N) is 1. The number of fused-ring (bicyclic) bond motifs is 1. The molecule has 0 saturated carbocycles. The van der Waals surface area contributed by atoms with E-state index in [9.17, 15) is 4.79 Å². The average Bonchev–Trinajstić information content (AvgIpc) is 3.08. The smallest absolute Gasteiger partial charge is 0.233 e. The third-order valence-corrected chi connectivity index (χ3v) is 4.98. The predicted octanol–water partition coefficient (Wildman–Crippen LogP) is 3.17. The van der Waals surface area contributed by atoms with Crippen molar-refractivity contribution in [2.75, 3.05) is 25.5 Å². The Morgan fingerprint density at radius 3 is 3.14 bits per heavy atom. The Labute approximate surface area is 128 Å². The topological polar surface area (TPSA) is 45.3 Å². The van der Waals surface area contributed by atoms with Gasteiger partial charge in [0.2, 0.25) is 5.91 Å². The van der Waals surface area contributed by atoms with E-state index in [1.165, 1.54) is 10.9 Å². The van der Waals surface area contributed by atoms with Crippen LogP contribution >= 0.6 is 11.8 Å². The van der Waals surface area contributed by atoms with Crippen LogP contribution in [0.4, 0.5) is 0 Å². The van der Waals surface area contributed by atoms with Crippen molar-refractivity contribution in [3.05, 3.63) is 36.0 Å². The zero-order valence-corrected chi connectivity index (χ0v) is 13.0. The maximum Gasteiger partial charge on any atom is 0.233 e. The molecule has 1 aliphatic heterocycles. The van der Waals surface area contributed by atoms with Crippen molar-refractivity contribution in [2.24, 2.45) is 0 Å². The van der Waals surface area contributed by atoms with Gasteiger partial charge in [-0.25, -0.2) is 0 Å². The summed E-state index contributed by atoms with van der Waals surface area (Å²) in [5.41, 5.74) is 2.33. The number of aromatic amines is 1. The predicted molar refractivity (Wildman–Crippen MR) is 86.3 cm³/mol. The third-order valence-electron chi connectivity index (χ3n) is 3.75. The van der Waals surface area contributed by atoms with Crippen LogP contribution in [-0.4, -0.2) is 41.3 Å². The summed E-state index contributed by atoms with van der Waals surface area (Å²) in [5.74, 6) is 0.797. The minimum Gasteiger partial charge on any atom is -0.382 e. The molecule has 1 fully saturated rings. The SMILES string of the molecule is CCOCCCN1C(=O)CSC1c1c[nH]c2ccccc12. The molecule has 4 nitrogen and oxygen atoms in total. The zero-order chi connectivity index (χ0) is 14.7. The maximum atomic E-state index is 12.1. The average molecular weight is 304 g/mol. The van der Waals surface area contributed by atoms with Crippen molar-refractivity contribution < 1.29 is 9.53 Å². The number of para-hydroxylation sites is 1. The molecule has 1 amide bonds. The van der Waals surface area contributed by atoms with Gasteiger partial charge >= 0.3 is 0 Å². The van der Waals surface area contributed by atoms with Crippen LogP contribution in [0.3, 0.4) is 0 Å². The van der Waals surface area contributed by atoms with Gasteiger partial charge in [-0.1, -0.05) is 18.2 Å². The molecule has 5 heteroatoms. The lowest BCUT2D eigenvalue weighted by atomic mass is 10.1. The number of carbonyl (C=O) groups is 1. The molecule has 3 rings (SSSR count). The largest absolute Gasteiger partial charge is 0.382 e. The summed E-state index contributed by atoms with van der Waals surface area (Å²) in [6.07, 6.45) is 2.93. The number of rotatable bonds is 6. The van der Waals surface area contributed by atoms with E-state index in [1.807, 2.05) is 30.2 Å². The highest BCUT2D eigenvalue weighted by molar-refractivity contribution is 8.00. The lowest BCUT2D eigenvalue weighted by molar-refractivity contribution is -0.128. The molecule has 1 atom stereocenters. The van der Waals surface area contributed by atoms with E-state index in [0.717, 1.165) is 25.1 Å². The molecule has 0 aliphatic carbocycles. The first kappa shape index (κ1) is 14.5. The monoisotopic (exact) mass is 304 g/mol. The highest BCUT2D eigenvalue weighted by Crippen LogP contribution is 2.41. The van der Waals surface area contributed by atoms with Gasteiger partial charge in [-0.05, 0) is 19.4 Å². The van der Waals surface area contributed by atoms with Gasteiger partial charge < -0.3 is 14.6 Å². The number of amides is 1. The van der Waals surface area contributed by atoms with Gasteiger partial charge in [-0.2, -0.15) is 0 Å². The number of carbonyl (C=O) groups excluding carboxylic acids is 1. The molecule has 1 aromatic heterocycles. The zero-order valence-electron chi connectivity index (χ0n) is 12.2. The Morgan fingerprint density at radius 1 is 1.43 bits per heavy atom. The van der Waals surface area contributed by atoms with Crippen LogP contribution in [0.25, 0.3) is 10.9 Å². The minimum absolute atomic E-state index is 0.121. The fraction of sp³-hybridized carbons (Fsp3) is 0.438. The second kappa shape index (κ2) is 6.54. The highest BCUT2D eigenvalue weighted by Gasteiger charge is 2.33. The first-order chi connectivity index (χ1) is 10.3. The van der Waals surface area contributed by atoms with Crippen LogP contribution in [0.1, 0.15) is 24.3 Å². The van der Waals surface area contributed by atoms with E-state index in [1.54, 1.807) is 11.8 Å². The summed E-state index contributed by atoms with van der Waals surface area (Å²) in [4.78, 5) is 17.4. The highest BCUT2D eigenvalue weighted by atomic mass is 32.2. The van der Waals surface area contributed by atoms with Gasteiger partial charge in [0.05, 0.1) is 5.75 Å². The summed E-state index contributed by atoms with van der Waals surface area (Å²) < 4.78 is 5.37. The molecule has 0 spiro atoms. The number of ether oxygens (including phenoxy) is 1. The minimum atomic E-state index is 0.121. The fourth-order valence-corrected chi connectivity index (χ4v) is 3.98. The standard InChI is InChI=1S/C16H20N2O2S/c1-2-20-9-5-8-18-15(19)11-21-16(18)13-10-17-14-7-4-3-6-12(13)14/h3-4,6-7,10,16-17H,2,5,8-9,11H2,1H3. The molecular formula is C16H20N2O2S. The summed E-state index contributed by atoms with van der Waals surface area (Å²) in [7, 11) is 0. The van der Waals surface area contributed by atoms with Crippen molar-refractivity contribution in [1.29, 1.82) is 0 Å². The van der Waals surface area contributed by atoms with Crippen molar-refractivity contribution in [3.63, 3.8) is 0 Å². The second-order valence-corrected chi connectivity index (χ2v) is 6.16. The molecule has 1 aliphatic rings. The van der Waals surface area contributed by atoms with Gasteiger partial charge in [0.15, 0.2) is 0 Å². The number of hydrogen-bond acceptors (Lipinski definition) is 3. The van der Waals surface area contributed by atoms with Crippen molar-refractivity contribution in [3.8, 4) is 0 Å². The summed E-state index contributed by atoms with van der Waals surface area (Å²) in [6, 6.07) is 8.25. The number of nitrogens with one attached hydrogen (secondary N) is 1. The van der Waals surface area contributed by atoms with Crippen LogP contribution in [0.2, 0.25) is 0 Å². The number of hydrogen-bond donors (Lipinski definition) is 1. The molecule has 0 bridgehead atoms. The molecular weight excluding hydrogens is 284 g/mol. The van der Waals surface area contributed by atoms with Gasteiger partial charge in [0.1, 0.15) is 5.37 Å². The Balaban J connectivity index is 1.78. The molecule has 2 heterocycles. The lowest BCUT2D eigenvalue weighted by Crippen LogP contribution is -2.29. The molecule has 1 saturated heterocycles. The van der Waals surface area contributed by atoms with E-state index in [4.69, 9.17) is 4.74 Å². The van der Waals surface area contributed by atoms with Crippen molar-refractivity contribution in [2.45, 2.75) is 18.7 Å².